The van der Waals surface area contributed by atoms with E-state index in [9.17, 15) is 18.0 Å². The third kappa shape index (κ3) is 3.32. The monoisotopic (exact) mass is 485 g/mol. The van der Waals surface area contributed by atoms with Crippen molar-refractivity contribution in [3.05, 3.63) is 63.5 Å². The van der Waals surface area contributed by atoms with E-state index < -0.39 is 27.8 Å². The van der Waals surface area contributed by atoms with Gasteiger partial charge in [0.2, 0.25) is 11.5 Å². The lowest BCUT2D eigenvalue weighted by Crippen LogP contribution is -2.40. The summed E-state index contributed by atoms with van der Waals surface area (Å²) >= 11 is 0. The number of rotatable bonds is 5. The maximum absolute atomic E-state index is 13.6. The maximum Gasteiger partial charge on any atom is 0.291 e. The number of benzene rings is 2. The Balaban J connectivity index is 1.79. The van der Waals surface area contributed by atoms with E-state index in [-0.39, 0.29) is 34.7 Å². The molecule has 0 aliphatic carbocycles. The lowest BCUT2D eigenvalue weighted by atomic mass is 9.96. The summed E-state index contributed by atoms with van der Waals surface area (Å²) in [6.45, 7) is 0. The summed E-state index contributed by atoms with van der Waals surface area (Å²) in [5, 5.41) is 0.340. The number of ether oxygens (including phenoxy) is 3. The molecule has 2 aliphatic heterocycles. The van der Waals surface area contributed by atoms with E-state index >= 15 is 0 Å². The lowest BCUT2D eigenvalue weighted by molar-refractivity contribution is 0.0662. The average molecular weight is 486 g/mol. The summed E-state index contributed by atoms with van der Waals surface area (Å²) in [4.78, 5) is 28.7. The van der Waals surface area contributed by atoms with Crippen molar-refractivity contribution < 1.29 is 31.8 Å². The highest BCUT2D eigenvalue weighted by Crippen LogP contribution is 2.46. The number of amides is 1. The lowest BCUT2D eigenvalue weighted by Gasteiger charge is -2.30. The van der Waals surface area contributed by atoms with Crippen LogP contribution in [0.1, 0.15) is 34.1 Å². The number of carbonyl (C=O) groups excluding carboxylic acids is 1. The zero-order valence-electron chi connectivity index (χ0n) is 18.9. The minimum atomic E-state index is -3.31. The molecule has 1 amide bonds. The van der Waals surface area contributed by atoms with Gasteiger partial charge in [-0.2, -0.15) is 0 Å². The number of para-hydroxylation sites is 1. The first-order valence-electron chi connectivity index (χ1n) is 10.7. The van der Waals surface area contributed by atoms with Gasteiger partial charge in [-0.15, -0.1) is 0 Å². The topological polar surface area (TPSA) is 112 Å². The number of methoxy groups -OCH3 is 3. The molecule has 9 nitrogen and oxygen atoms in total. The molecular formula is C24H23NO8S. The Morgan fingerprint density at radius 2 is 1.68 bits per heavy atom. The van der Waals surface area contributed by atoms with Gasteiger partial charge in [0.25, 0.3) is 5.91 Å². The fourth-order valence-electron chi connectivity index (χ4n) is 4.90. The van der Waals surface area contributed by atoms with Crippen LogP contribution in [0, 0.1) is 0 Å². The third-order valence-corrected chi connectivity index (χ3v) is 8.17. The third-order valence-electron chi connectivity index (χ3n) is 6.42. The highest BCUT2D eigenvalue weighted by Gasteiger charge is 2.48. The first kappa shape index (κ1) is 22.3. The van der Waals surface area contributed by atoms with Gasteiger partial charge in [0.15, 0.2) is 26.8 Å². The van der Waals surface area contributed by atoms with Crippen LogP contribution in [0.15, 0.2) is 45.6 Å². The Labute approximate surface area is 195 Å². The van der Waals surface area contributed by atoms with E-state index in [1.54, 1.807) is 36.4 Å². The molecule has 0 spiro atoms. The van der Waals surface area contributed by atoms with Crippen molar-refractivity contribution in [2.24, 2.45) is 0 Å². The van der Waals surface area contributed by atoms with Crippen LogP contribution in [-0.4, -0.2) is 58.1 Å². The van der Waals surface area contributed by atoms with E-state index in [1.807, 2.05) is 0 Å². The summed E-state index contributed by atoms with van der Waals surface area (Å²) in [6.07, 6.45) is 0.275. The fraction of sp³-hybridized carbons (Fsp3) is 0.333. The number of hydrogen-bond donors (Lipinski definition) is 0. The van der Waals surface area contributed by atoms with E-state index in [4.69, 9.17) is 18.6 Å². The minimum absolute atomic E-state index is 0.0247. The molecule has 1 fully saturated rings. The molecular weight excluding hydrogens is 462 g/mol. The quantitative estimate of drug-likeness (QED) is 0.542. The van der Waals surface area contributed by atoms with Crippen molar-refractivity contribution in [1.29, 1.82) is 0 Å². The van der Waals surface area contributed by atoms with Crippen LogP contribution >= 0.6 is 0 Å². The molecule has 3 aromatic rings. The summed E-state index contributed by atoms with van der Waals surface area (Å²) in [5.74, 6) is 0.262. The van der Waals surface area contributed by atoms with Crippen LogP contribution < -0.4 is 19.6 Å². The van der Waals surface area contributed by atoms with Gasteiger partial charge < -0.3 is 23.5 Å². The van der Waals surface area contributed by atoms with Gasteiger partial charge in [0.1, 0.15) is 5.58 Å². The number of fused-ring (bicyclic) bond motifs is 2. The van der Waals surface area contributed by atoms with Crippen molar-refractivity contribution in [2.75, 3.05) is 32.8 Å². The van der Waals surface area contributed by atoms with Gasteiger partial charge in [0.05, 0.1) is 49.8 Å². The van der Waals surface area contributed by atoms with Crippen molar-refractivity contribution in [3.63, 3.8) is 0 Å². The minimum Gasteiger partial charge on any atom is -0.493 e. The van der Waals surface area contributed by atoms with Gasteiger partial charge in [-0.1, -0.05) is 12.1 Å². The normalized spacial score (nSPS) is 21.0. The molecule has 2 unspecified atom stereocenters. The summed E-state index contributed by atoms with van der Waals surface area (Å²) in [7, 11) is 1.11. The van der Waals surface area contributed by atoms with Crippen molar-refractivity contribution in [2.45, 2.75) is 18.5 Å². The number of nitrogens with zero attached hydrogens (tertiary/aromatic N) is 1. The van der Waals surface area contributed by atoms with Crippen LogP contribution in [0.4, 0.5) is 0 Å². The van der Waals surface area contributed by atoms with Gasteiger partial charge in [0, 0.05) is 6.04 Å². The van der Waals surface area contributed by atoms with Crippen LogP contribution in [0.3, 0.4) is 0 Å². The van der Waals surface area contributed by atoms with Crippen LogP contribution in [0.25, 0.3) is 11.0 Å². The largest absolute Gasteiger partial charge is 0.493 e. The molecule has 2 aliphatic rings. The van der Waals surface area contributed by atoms with E-state index in [0.717, 1.165) is 0 Å². The zero-order valence-corrected chi connectivity index (χ0v) is 19.7. The van der Waals surface area contributed by atoms with E-state index in [1.165, 1.54) is 26.2 Å². The molecule has 10 heteroatoms. The second-order valence-electron chi connectivity index (χ2n) is 8.30. The van der Waals surface area contributed by atoms with Crippen molar-refractivity contribution >= 4 is 26.7 Å². The average Bonchev–Trinajstić information content (AvgIpc) is 3.34. The Bertz CT molecular complexity index is 1450. The molecule has 5 rings (SSSR count). The molecule has 34 heavy (non-hydrogen) atoms. The molecule has 3 heterocycles. The van der Waals surface area contributed by atoms with Crippen molar-refractivity contribution in [1.82, 2.24) is 4.90 Å². The molecule has 0 radical (unpaired) electrons. The van der Waals surface area contributed by atoms with Crippen LogP contribution in [-0.2, 0) is 9.84 Å². The number of hydrogen-bond acceptors (Lipinski definition) is 8. The highest BCUT2D eigenvalue weighted by atomic mass is 32.2. The van der Waals surface area contributed by atoms with Crippen LogP contribution in [0.5, 0.6) is 17.2 Å². The molecule has 1 aromatic heterocycles. The number of carbonyl (C=O) groups is 1. The van der Waals surface area contributed by atoms with E-state index in [0.29, 0.717) is 33.8 Å². The second kappa shape index (κ2) is 8.05. The van der Waals surface area contributed by atoms with Gasteiger partial charge in [-0.05, 0) is 36.2 Å². The molecule has 2 atom stereocenters. The zero-order chi connectivity index (χ0) is 24.2. The first-order valence-corrected chi connectivity index (χ1v) is 12.5. The van der Waals surface area contributed by atoms with Gasteiger partial charge >= 0.3 is 0 Å². The first-order chi connectivity index (χ1) is 16.3. The van der Waals surface area contributed by atoms with Crippen LogP contribution in [0.2, 0.25) is 0 Å². The molecule has 178 valence electrons. The highest BCUT2D eigenvalue weighted by molar-refractivity contribution is 7.91. The predicted octanol–water partition coefficient (Wildman–Crippen LogP) is 2.55. The smallest absolute Gasteiger partial charge is 0.291 e. The summed E-state index contributed by atoms with van der Waals surface area (Å²) < 4.78 is 46.9. The SMILES string of the molecule is COc1cc(C2c3c(oc4ccccc4c3=O)C(=O)N2C2CCS(=O)(=O)C2)cc(OC)c1OC. The standard InChI is InChI=1S/C24H23NO8S/c1-30-17-10-13(11-18(31-2)22(17)32-3)20-19-21(26)15-6-4-5-7-16(15)33-23(19)24(27)25(20)14-8-9-34(28,29)12-14/h4-7,10-11,14,20H,8-9,12H2,1-3H3. The fourth-order valence-corrected chi connectivity index (χ4v) is 6.61. The Morgan fingerprint density at radius 3 is 2.26 bits per heavy atom. The number of sulfone groups is 1. The molecule has 0 saturated carbocycles. The maximum atomic E-state index is 13.6. The molecule has 2 aromatic carbocycles. The summed E-state index contributed by atoms with van der Waals surface area (Å²) in [5.41, 5.74) is 0.646. The second-order valence-corrected chi connectivity index (χ2v) is 10.5. The Hall–Kier alpha value is -3.53. The molecule has 0 N–H and O–H groups in total. The van der Waals surface area contributed by atoms with Gasteiger partial charge in [-0.25, -0.2) is 8.42 Å². The van der Waals surface area contributed by atoms with Gasteiger partial charge in [-0.3, -0.25) is 9.59 Å². The summed E-state index contributed by atoms with van der Waals surface area (Å²) in [6, 6.07) is 8.55. The molecule has 1 saturated heterocycles. The van der Waals surface area contributed by atoms with Crippen molar-refractivity contribution in [3.8, 4) is 17.2 Å². The molecule has 0 bridgehead atoms. The van der Waals surface area contributed by atoms with E-state index in [2.05, 4.69) is 0 Å². The Kier molecular flexibility index (Phi) is 5.27. The predicted molar refractivity (Wildman–Crippen MR) is 124 cm³/mol. The Morgan fingerprint density at radius 1 is 1.00 bits per heavy atom.